The Balaban J connectivity index is 1.55. The van der Waals surface area contributed by atoms with E-state index >= 15 is 0 Å². The molecular formula is C20H24N6O4S. The predicted octanol–water partition coefficient (Wildman–Crippen LogP) is 0.921. The minimum absolute atomic E-state index is 0.231. The van der Waals surface area contributed by atoms with Gasteiger partial charge in [-0.25, -0.2) is 4.98 Å². The fourth-order valence-corrected chi connectivity index (χ4v) is 5.08. The van der Waals surface area contributed by atoms with E-state index in [1.165, 1.54) is 11.3 Å². The Morgan fingerprint density at radius 1 is 1.19 bits per heavy atom. The number of thiazole rings is 1. The Morgan fingerprint density at radius 3 is 2.71 bits per heavy atom. The van der Waals surface area contributed by atoms with E-state index in [-0.39, 0.29) is 29.6 Å². The fraction of sp³-hybridized carbons (Fsp3) is 0.500. The Morgan fingerprint density at radius 2 is 2.03 bits per heavy atom. The van der Waals surface area contributed by atoms with E-state index in [0.717, 1.165) is 24.0 Å². The van der Waals surface area contributed by atoms with Crippen LogP contribution < -0.4 is 16.2 Å². The number of rotatable bonds is 6. The Labute approximate surface area is 181 Å². The summed E-state index contributed by atoms with van der Waals surface area (Å²) in [5.74, 6) is 0.196. The first kappa shape index (κ1) is 20.3. The van der Waals surface area contributed by atoms with Crippen LogP contribution in [0.2, 0.25) is 0 Å². The second kappa shape index (κ2) is 8.15. The van der Waals surface area contributed by atoms with Gasteiger partial charge in [-0.3, -0.25) is 14.8 Å². The lowest BCUT2D eigenvalue weighted by Crippen LogP contribution is -2.36. The highest BCUT2D eigenvalue weighted by Crippen LogP contribution is 2.34. The lowest BCUT2D eigenvalue weighted by atomic mass is 9.93. The molecule has 2 fully saturated rings. The number of aliphatic hydroxyl groups is 3. The molecular weight excluding hydrogens is 420 g/mol. The molecule has 2 saturated carbocycles. The second-order valence-electron chi connectivity index (χ2n) is 8.18. The number of hydrogen-bond donors (Lipinski definition) is 6. The van der Waals surface area contributed by atoms with Gasteiger partial charge in [-0.05, 0) is 31.7 Å². The molecule has 11 heteroatoms. The SMILES string of the molecule is O=c1[nH]c(NC2CCC2)nc(N[C@@H]2C[C@H](CO)[C@@H](O)[C@H]2O)c1-c1nc2cnccc2s1. The molecule has 2 aliphatic carbocycles. The normalized spacial score (nSPS) is 26.2. The highest BCUT2D eigenvalue weighted by atomic mass is 32.1. The average molecular weight is 445 g/mol. The van der Waals surface area contributed by atoms with Crippen LogP contribution in [0.4, 0.5) is 11.8 Å². The van der Waals surface area contributed by atoms with Crippen molar-refractivity contribution in [2.45, 2.75) is 50.0 Å². The van der Waals surface area contributed by atoms with E-state index in [1.807, 2.05) is 6.07 Å². The summed E-state index contributed by atoms with van der Waals surface area (Å²) in [6.07, 6.45) is 4.70. The van der Waals surface area contributed by atoms with Gasteiger partial charge in [0, 0.05) is 24.8 Å². The Kier molecular flexibility index (Phi) is 5.34. The number of nitrogens with one attached hydrogen (secondary N) is 3. The average Bonchev–Trinajstić information content (AvgIpc) is 3.26. The van der Waals surface area contributed by atoms with Gasteiger partial charge in [0.1, 0.15) is 28.0 Å². The van der Waals surface area contributed by atoms with Gasteiger partial charge in [-0.1, -0.05) is 0 Å². The lowest BCUT2D eigenvalue weighted by Gasteiger charge is -2.27. The molecule has 2 aliphatic rings. The highest BCUT2D eigenvalue weighted by Gasteiger charge is 2.41. The molecule has 3 aromatic rings. The number of aromatic amines is 1. The summed E-state index contributed by atoms with van der Waals surface area (Å²) in [6.45, 7) is -0.231. The van der Waals surface area contributed by atoms with Crippen LogP contribution in [0.3, 0.4) is 0 Å². The second-order valence-corrected chi connectivity index (χ2v) is 9.21. The zero-order valence-corrected chi connectivity index (χ0v) is 17.5. The number of pyridine rings is 1. The molecule has 0 aromatic carbocycles. The standard InChI is InChI=1S/C20H24N6O4S/c27-8-9-6-11(16(29)15(9)28)23-17-14(19-24-12-7-21-5-4-13(12)31-19)18(30)26-20(25-17)22-10-2-1-3-10/h4-5,7,9-11,15-16,27-29H,1-3,6,8H2,(H3,22,23,25,26,30)/t9-,11-,15-,16+/m1/s1. The predicted molar refractivity (Wildman–Crippen MR) is 117 cm³/mol. The zero-order chi connectivity index (χ0) is 21.5. The van der Waals surface area contributed by atoms with Gasteiger partial charge in [-0.15, -0.1) is 11.3 Å². The Bertz CT molecular complexity index is 1110. The third-order valence-electron chi connectivity index (χ3n) is 6.13. The molecule has 0 radical (unpaired) electrons. The number of nitrogens with zero attached hydrogens (tertiary/aromatic N) is 3. The molecule has 3 aromatic heterocycles. The van der Waals surface area contributed by atoms with Crippen molar-refractivity contribution < 1.29 is 15.3 Å². The topological polar surface area (TPSA) is 156 Å². The summed E-state index contributed by atoms with van der Waals surface area (Å²) in [5.41, 5.74) is 0.605. The maximum absolute atomic E-state index is 13.1. The van der Waals surface area contributed by atoms with Gasteiger partial charge < -0.3 is 26.0 Å². The Hall–Kier alpha value is -2.60. The molecule has 3 heterocycles. The summed E-state index contributed by atoms with van der Waals surface area (Å²) < 4.78 is 0.892. The van der Waals surface area contributed by atoms with E-state index in [1.54, 1.807) is 12.4 Å². The maximum Gasteiger partial charge on any atom is 0.264 e. The van der Waals surface area contributed by atoms with Crippen LogP contribution >= 0.6 is 11.3 Å². The van der Waals surface area contributed by atoms with Crippen molar-refractivity contribution in [1.82, 2.24) is 19.9 Å². The van der Waals surface area contributed by atoms with Gasteiger partial charge in [0.2, 0.25) is 5.95 Å². The summed E-state index contributed by atoms with van der Waals surface area (Å²) in [7, 11) is 0. The van der Waals surface area contributed by atoms with Crippen molar-refractivity contribution in [3.8, 4) is 10.6 Å². The van der Waals surface area contributed by atoms with Gasteiger partial charge >= 0.3 is 0 Å². The van der Waals surface area contributed by atoms with Crippen LogP contribution in [0, 0.1) is 5.92 Å². The molecule has 0 saturated heterocycles. The van der Waals surface area contributed by atoms with Crippen molar-refractivity contribution in [3.05, 3.63) is 28.8 Å². The van der Waals surface area contributed by atoms with Crippen molar-refractivity contribution in [1.29, 1.82) is 0 Å². The quantitative estimate of drug-likeness (QED) is 0.325. The minimum Gasteiger partial charge on any atom is -0.396 e. The maximum atomic E-state index is 13.1. The molecule has 0 unspecified atom stereocenters. The smallest absolute Gasteiger partial charge is 0.264 e. The molecule has 31 heavy (non-hydrogen) atoms. The minimum atomic E-state index is -1.09. The van der Waals surface area contributed by atoms with E-state index in [0.29, 0.717) is 22.9 Å². The van der Waals surface area contributed by atoms with Crippen LogP contribution in [0.5, 0.6) is 0 Å². The molecule has 0 bridgehead atoms. The van der Waals surface area contributed by atoms with E-state index in [9.17, 15) is 20.1 Å². The molecule has 0 spiro atoms. The first-order valence-corrected chi connectivity index (χ1v) is 11.2. The van der Waals surface area contributed by atoms with Crippen LogP contribution in [0.1, 0.15) is 25.7 Å². The van der Waals surface area contributed by atoms with Crippen LogP contribution in [0.15, 0.2) is 23.3 Å². The van der Waals surface area contributed by atoms with Crippen LogP contribution in [0.25, 0.3) is 20.8 Å². The summed E-state index contributed by atoms with van der Waals surface area (Å²) in [6, 6.07) is 1.54. The largest absolute Gasteiger partial charge is 0.396 e. The third kappa shape index (κ3) is 3.78. The highest BCUT2D eigenvalue weighted by molar-refractivity contribution is 7.21. The van der Waals surface area contributed by atoms with E-state index in [4.69, 9.17) is 0 Å². The first-order chi connectivity index (χ1) is 15.0. The van der Waals surface area contributed by atoms with E-state index < -0.39 is 24.2 Å². The summed E-state index contributed by atoms with van der Waals surface area (Å²) in [4.78, 5) is 29.1. The van der Waals surface area contributed by atoms with Gasteiger partial charge in [0.05, 0.1) is 23.0 Å². The number of fused-ring (bicyclic) bond motifs is 1. The van der Waals surface area contributed by atoms with Gasteiger partial charge in [0.25, 0.3) is 5.56 Å². The molecule has 0 amide bonds. The third-order valence-corrected chi connectivity index (χ3v) is 7.18. The monoisotopic (exact) mass is 444 g/mol. The van der Waals surface area contributed by atoms with Crippen LogP contribution in [-0.4, -0.2) is 66.2 Å². The lowest BCUT2D eigenvalue weighted by molar-refractivity contribution is 0.00446. The van der Waals surface area contributed by atoms with Crippen molar-refractivity contribution in [3.63, 3.8) is 0 Å². The van der Waals surface area contributed by atoms with Crippen molar-refractivity contribution >= 4 is 33.3 Å². The molecule has 10 nitrogen and oxygen atoms in total. The summed E-state index contributed by atoms with van der Waals surface area (Å²) >= 11 is 1.36. The first-order valence-electron chi connectivity index (χ1n) is 10.4. The molecule has 0 aliphatic heterocycles. The molecule has 5 rings (SSSR count). The number of hydrogen-bond acceptors (Lipinski definition) is 10. The molecule has 164 valence electrons. The zero-order valence-electron chi connectivity index (χ0n) is 16.7. The van der Waals surface area contributed by atoms with Gasteiger partial charge in [-0.2, -0.15) is 4.98 Å². The number of aliphatic hydroxyl groups excluding tert-OH is 3. The number of aromatic nitrogens is 4. The number of anilines is 2. The van der Waals surface area contributed by atoms with Crippen molar-refractivity contribution in [2.24, 2.45) is 5.92 Å². The van der Waals surface area contributed by atoms with E-state index in [2.05, 4.69) is 30.6 Å². The van der Waals surface area contributed by atoms with Crippen molar-refractivity contribution in [2.75, 3.05) is 17.2 Å². The fourth-order valence-electron chi connectivity index (χ4n) is 4.10. The number of H-pyrrole nitrogens is 1. The van der Waals surface area contributed by atoms with Gasteiger partial charge in [0.15, 0.2) is 0 Å². The molecule has 4 atom stereocenters. The van der Waals surface area contributed by atoms with Crippen LogP contribution in [-0.2, 0) is 0 Å². The molecule has 6 N–H and O–H groups in total. The summed E-state index contributed by atoms with van der Waals surface area (Å²) in [5, 5.41) is 37.0.